The molecule has 1 aromatic carbocycles. The number of alkyl halides is 3. The van der Waals surface area contributed by atoms with E-state index in [1.165, 1.54) is 13.2 Å². The fourth-order valence-electron chi connectivity index (χ4n) is 1.23. The maximum Gasteiger partial charge on any atom is 0.392 e. The Labute approximate surface area is 108 Å². The molecule has 1 rings (SSSR count). The summed E-state index contributed by atoms with van der Waals surface area (Å²) >= 11 is 4.79. The number of methoxy groups -OCH3 is 1. The highest BCUT2D eigenvalue weighted by atomic mass is 32.1. The van der Waals surface area contributed by atoms with Crippen molar-refractivity contribution in [2.24, 2.45) is 5.73 Å². The Bertz CT molecular complexity index is 435. The van der Waals surface area contributed by atoms with Gasteiger partial charge in [0.15, 0.2) is 0 Å². The van der Waals surface area contributed by atoms with Crippen LogP contribution in [0.1, 0.15) is 12.0 Å². The van der Waals surface area contributed by atoms with Crippen LogP contribution in [0.2, 0.25) is 0 Å². The summed E-state index contributed by atoms with van der Waals surface area (Å²) in [5.74, 6) is 0.642. The Hall–Kier alpha value is -1.50. The topological polar surface area (TPSA) is 44.5 Å². The molecule has 100 valence electrons. The molecule has 0 aliphatic carbocycles. The van der Waals surface area contributed by atoms with Crippen LogP contribution in [0.4, 0.5) is 13.2 Å². The summed E-state index contributed by atoms with van der Waals surface area (Å²) < 4.78 is 46.0. The van der Waals surface area contributed by atoms with Gasteiger partial charge in [0.25, 0.3) is 0 Å². The molecule has 0 bridgehead atoms. The quantitative estimate of drug-likeness (QED) is 0.842. The monoisotopic (exact) mass is 279 g/mol. The van der Waals surface area contributed by atoms with E-state index in [2.05, 4.69) is 0 Å². The number of ether oxygens (including phenoxy) is 2. The van der Waals surface area contributed by atoms with Gasteiger partial charge in [-0.1, -0.05) is 12.2 Å². The van der Waals surface area contributed by atoms with Crippen LogP contribution in [0, 0.1) is 0 Å². The molecule has 0 atom stereocenters. The number of nitrogens with two attached hydrogens (primary N) is 1. The van der Waals surface area contributed by atoms with Crippen LogP contribution >= 0.6 is 12.2 Å². The third-order valence-corrected chi connectivity index (χ3v) is 2.32. The van der Waals surface area contributed by atoms with Crippen LogP contribution in [0.15, 0.2) is 18.2 Å². The first-order chi connectivity index (χ1) is 8.33. The molecule has 2 N–H and O–H groups in total. The van der Waals surface area contributed by atoms with Crippen LogP contribution in [-0.2, 0) is 0 Å². The van der Waals surface area contributed by atoms with E-state index in [9.17, 15) is 13.2 Å². The smallest absolute Gasteiger partial charge is 0.392 e. The van der Waals surface area contributed by atoms with Crippen molar-refractivity contribution in [1.29, 1.82) is 0 Å². The van der Waals surface area contributed by atoms with Crippen molar-refractivity contribution in [2.75, 3.05) is 13.7 Å². The second-order valence-corrected chi connectivity index (χ2v) is 3.88. The molecule has 1 aromatic rings. The lowest BCUT2D eigenvalue weighted by atomic mass is 10.2. The van der Waals surface area contributed by atoms with E-state index in [4.69, 9.17) is 27.4 Å². The third kappa shape index (κ3) is 4.40. The van der Waals surface area contributed by atoms with Gasteiger partial charge in [0.2, 0.25) is 0 Å². The first-order valence-corrected chi connectivity index (χ1v) is 5.41. The molecule has 0 fully saturated rings. The van der Waals surface area contributed by atoms with Crippen molar-refractivity contribution < 1.29 is 22.6 Å². The van der Waals surface area contributed by atoms with E-state index in [1.54, 1.807) is 12.1 Å². The summed E-state index contributed by atoms with van der Waals surface area (Å²) in [6.45, 7) is -0.494. The number of halogens is 3. The average Bonchev–Trinajstić information content (AvgIpc) is 2.26. The second-order valence-electron chi connectivity index (χ2n) is 3.44. The molecule has 0 saturated carbocycles. The molecule has 0 aromatic heterocycles. The number of thiocarbonyl (C=S) groups is 1. The summed E-state index contributed by atoms with van der Waals surface area (Å²) in [5.41, 5.74) is 5.83. The molecule has 0 aliphatic heterocycles. The molecule has 0 spiro atoms. The van der Waals surface area contributed by atoms with E-state index in [1.807, 2.05) is 0 Å². The van der Waals surface area contributed by atoms with Gasteiger partial charge in [-0.15, -0.1) is 0 Å². The van der Waals surface area contributed by atoms with E-state index in [0.717, 1.165) is 0 Å². The first kappa shape index (κ1) is 14.6. The third-order valence-electron chi connectivity index (χ3n) is 2.10. The second kappa shape index (κ2) is 5.90. The summed E-state index contributed by atoms with van der Waals surface area (Å²) in [6, 6.07) is 4.60. The van der Waals surface area contributed by atoms with E-state index < -0.39 is 19.2 Å². The van der Waals surface area contributed by atoms with Crippen LogP contribution < -0.4 is 15.2 Å². The fourth-order valence-corrected chi connectivity index (χ4v) is 1.40. The Kier molecular flexibility index (Phi) is 4.77. The molecule has 0 radical (unpaired) electrons. The lowest BCUT2D eigenvalue weighted by molar-refractivity contribution is -0.139. The van der Waals surface area contributed by atoms with Crippen LogP contribution in [0.3, 0.4) is 0 Å². The van der Waals surface area contributed by atoms with Crippen molar-refractivity contribution in [3.8, 4) is 11.5 Å². The van der Waals surface area contributed by atoms with Gasteiger partial charge in [0, 0.05) is 6.07 Å². The predicted octanol–water partition coefficient (Wildman–Crippen LogP) is 2.66. The maximum absolute atomic E-state index is 12.0. The standard InChI is InChI=1S/C11H12F3NO2S/c1-16-7-2-3-8(10(15)18)9(6-7)17-5-4-11(12,13)14/h2-3,6H,4-5H2,1H3,(H2,15,18). The van der Waals surface area contributed by atoms with Gasteiger partial charge >= 0.3 is 6.18 Å². The first-order valence-electron chi connectivity index (χ1n) is 5.01. The lowest BCUT2D eigenvalue weighted by Gasteiger charge is -2.13. The Morgan fingerprint density at radius 3 is 2.56 bits per heavy atom. The van der Waals surface area contributed by atoms with E-state index in [-0.39, 0.29) is 10.7 Å². The molecule has 0 unspecified atom stereocenters. The highest BCUT2D eigenvalue weighted by Crippen LogP contribution is 2.26. The number of hydrogen-bond acceptors (Lipinski definition) is 3. The molecule has 0 amide bonds. The van der Waals surface area contributed by atoms with Crippen molar-refractivity contribution in [2.45, 2.75) is 12.6 Å². The normalized spacial score (nSPS) is 11.1. The van der Waals surface area contributed by atoms with Crippen LogP contribution in [-0.4, -0.2) is 24.9 Å². The molecule has 7 heteroatoms. The molecule has 0 heterocycles. The Morgan fingerprint density at radius 1 is 1.39 bits per heavy atom. The van der Waals surface area contributed by atoms with Crippen molar-refractivity contribution >= 4 is 17.2 Å². The van der Waals surface area contributed by atoms with E-state index >= 15 is 0 Å². The number of rotatable bonds is 5. The van der Waals surface area contributed by atoms with Gasteiger partial charge in [-0.2, -0.15) is 13.2 Å². The Balaban J connectivity index is 2.81. The molecule has 18 heavy (non-hydrogen) atoms. The van der Waals surface area contributed by atoms with Gasteiger partial charge in [0.1, 0.15) is 16.5 Å². The minimum Gasteiger partial charge on any atom is -0.497 e. The summed E-state index contributed by atoms with van der Waals surface area (Å²) in [7, 11) is 1.44. The highest BCUT2D eigenvalue weighted by Gasteiger charge is 2.27. The summed E-state index contributed by atoms with van der Waals surface area (Å²) in [5, 5.41) is 0. The Morgan fingerprint density at radius 2 is 2.06 bits per heavy atom. The zero-order chi connectivity index (χ0) is 13.8. The largest absolute Gasteiger partial charge is 0.497 e. The van der Waals surface area contributed by atoms with Gasteiger partial charge in [-0.25, -0.2) is 0 Å². The molecular weight excluding hydrogens is 267 g/mol. The molecule has 0 saturated heterocycles. The number of hydrogen-bond donors (Lipinski definition) is 1. The fraction of sp³-hybridized carbons (Fsp3) is 0.364. The van der Waals surface area contributed by atoms with Crippen molar-refractivity contribution in [3.63, 3.8) is 0 Å². The van der Waals surface area contributed by atoms with Gasteiger partial charge in [0.05, 0.1) is 25.7 Å². The molecule has 0 aliphatic rings. The van der Waals surface area contributed by atoms with Crippen LogP contribution in [0.25, 0.3) is 0 Å². The minimum absolute atomic E-state index is 0.0552. The zero-order valence-electron chi connectivity index (χ0n) is 9.58. The van der Waals surface area contributed by atoms with Gasteiger partial charge < -0.3 is 15.2 Å². The van der Waals surface area contributed by atoms with E-state index in [0.29, 0.717) is 11.3 Å². The maximum atomic E-state index is 12.0. The van der Waals surface area contributed by atoms with Crippen LogP contribution in [0.5, 0.6) is 11.5 Å². The number of benzene rings is 1. The van der Waals surface area contributed by atoms with Crippen molar-refractivity contribution in [3.05, 3.63) is 23.8 Å². The zero-order valence-corrected chi connectivity index (χ0v) is 10.4. The van der Waals surface area contributed by atoms with Crippen molar-refractivity contribution in [1.82, 2.24) is 0 Å². The van der Waals surface area contributed by atoms with Gasteiger partial charge in [-0.05, 0) is 12.1 Å². The summed E-state index contributed by atoms with van der Waals surface area (Å²) in [6.07, 6.45) is -5.30. The summed E-state index contributed by atoms with van der Waals surface area (Å²) in [4.78, 5) is 0.0552. The minimum atomic E-state index is -4.26. The lowest BCUT2D eigenvalue weighted by Crippen LogP contribution is -2.16. The van der Waals surface area contributed by atoms with Gasteiger partial charge in [-0.3, -0.25) is 0 Å². The highest BCUT2D eigenvalue weighted by molar-refractivity contribution is 7.80. The molecule has 3 nitrogen and oxygen atoms in total. The molecular formula is C11H12F3NO2S. The predicted molar refractivity (Wildman–Crippen MR) is 65.0 cm³/mol. The SMILES string of the molecule is COc1ccc(C(N)=S)c(OCCC(F)(F)F)c1. The average molecular weight is 279 g/mol.